The molecule has 0 spiro atoms. The van der Waals surface area contributed by atoms with Crippen LogP contribution in [0.3, 0.4) is 0 Å². The van der Waals surface area contributed by atoms with Gasteiger partial charge in [0, 0.05) is 19.3 Å². The Morgan fingerprint density at radius 3 is 2.68 bits per heavy atom. The number of carbonyl (C=O) groups excluding carboxylic acids is 3. The zero-order chi connectivity index (χ0) is 17.8. The molecule has 0 radical (unpaired) electrons. The minimum atomic E-state index is -0.612. The summed E-state index contributed by atoms with van der Waals surface area (Å²) in [5.74, 6) is -2.11. The molecule has 9 heteroatoms. The summed E-state index contributed by atoms with van der Waals surface area (Å²) in [6, 6.07) is 3.42. The number of hydrogen-bond acceptors (Lipinski definition) is 5. The van der Waals surface area contributed by atoms with Gasteiger partial charge in [-0.1, -0.05) is 5.21 Å². The number of nitrogens with one attached hydrogen (secondary N) is 1. The molecule has 25 heavy (non-hydrogen) atoms. The maximum absolute atomic E-state index is 12.6. The lowest BCUT2D eigenvalue weighted by Crippen LogP contribution is -2.42. The smallest absolute Gasteiger partial charge is 0.288 e. The molecular weight excluding hydrogens is 324 g/mol. The Morgan fingerprint density at radius 1 is 1.32 bits per heavy atom. The molecule has 2 aromatic heterocycles. The topological polar surface area (TPSA) is 125 Å². The summed E-state index contributed by atoms with van der Waals surface area (Å²) in [5.41, 5.74) is 6.63. The SMILES string of the molecule is Cn1cc(C2(NC(=O)C(=O)C3Cc4ccc(C(N)=O)n4C3)CC2)nn1. The quantitative estimate of drug-likeness (QED) is 0.693. The zero-order valence-electron chi connectivity index (χ0n) is 13.7. The Kier molecular flexibility index (Phi) is 3.28. The van der Waals surface area contributed by atoms with Crippen molar-refractivity contribution in [2.24, 2.45) is 18.7 Å². The summed E-state index contributed by atoms with van der Waals surface area (Å²) in [7, 11) is 1.75. The zero-order valence-corrected chi connectivity index (χ0v) is 13.7. The summed E-state index contributed by atoms with van der Waals surface area (Å²) < 4.78 is 3.28. The van der Waals surface area contributed by atoms with E-state index >= 15 is 0 Å². The number of rotatable bonds is 5. The van der Waals surface area contributed by atoms with Gasteiger partial charge in [0.1, 0.15) is 11.4 Å². The van der Waals surface area contributed by atoms with E-state index in [-0.39, 0.29) is 0 Å². The van der Waals surface area contributed by atoms with Gasteiger partial charge in [0.25, 0.3) is 11.8 Å². The van der Waals surface area contributed by atoms with Crippen molar-refractivity contribution in [3.05, 3.63) is 35.4 Å². The molecule has 0 aromatic carbocycles. The second kappa shape index (κ2) is 5.27. The highest BCUT2D eigenvalue weighted by atomic mass is 16.2. The molecule has 2 amide bonds. The molecule has 1 unspecified atom stereocenters. The van der Waals surface area contributed by atoms with Crippen LogP contribution in [0.15, 0.2) is 18.3 Å². The first-order chi connectivity index (χ1) is 11.9. The number of aryl methyl sites for hydroxylation is 1. The fourth-order valence-corrected chi connectivity index (χ4v) is 3.43. The number of nitrogens with zero attached hydrogens (tertiary/aromatic N) is 4. The van der Waals surface area contributed by atoms with Crippen LogP contribution in [0.1, 0.15) is 34.7 Å². The summed E-state index contributed by atoms with van der Waals surface area (Å²) in [4.78, 5) is 36.4. The third kappa shape index (κ3) is 2.51. The van der Waals surface area contributed by atoms with Crippen molar-refractivity contribution in [3.63, 3.8) is 0 Å². The van der Waals surface area contributed by atoms with Crippen molar-refractivity contribution in [1.82, 2.24) is 24.9 Å². The molecule has 130 valence electrons. The molecule has 2 aliphatic rings. The van der Waals surface area contributed by atoms with Crippen LogP contribution in [0.2, 0.25) is 0 Å². The number of nitrogens with two attached hydrogens (primary N) is 1. The molecular formula is C16H18N6O3. The Hall–Kier alpha value is -2.97. The van der Waals surface area contributed by atoms with E-state index in [4.69, 9.17) is 5.73 Å². The number of fused-ring (bicyclic) bond motifs is 1. The van der Waals surface area contributed by atoms with Crippen LogP contribution in [-0.2, 0) is 35.1 Å². The van der Waals surface area contributed by atoms with E-state index in [0.29, 0.717) is 24.4 Å². The first kappa shape index (κ1) is 15.6. The normalized spacial score (nSPS) is 20.1. The molecule has 4 rings (SSSR count). The Bertz CT molecular complexity index is 892. The van der Waals surface area contributed by atoms with E-state index in [1.807, 2.05) is 0 Å². The van der Waals surface area contributed by atoms with E-state index < -0.39 is 29.1 Å². The van der Waals surface area contributed by atoms with Crippen LogP contribution in [-0.4, -0.2) is 37.2 Å². The lowest BCUT2D eigenvalue weighted by Gasteiger charge is -2.15. The van der Waals surface area contributed by atoms with Crippen LogP contribution in [0.25, 0.3) is 0 Å². The van der Waals surface area contributed by atoms with Crippen LogP contribution in [0.4, 0.5) is 0 Å². The highest BCUT2D eigenvalue weighted by Crippen LogP contribution is 2.44. The number of hydrogen-bond donors (Lipinski definition) is 2. The molecule has 1 atom stereocenters. The standard InChI is InChI=1S/C16H18N6O3/c1-21-8-12(19-20-21)16(4-5-16)18-15(25)13(23)9-6-10-2-3-11(14(17)24)22(10)7-9/h2-3,8-9H,4-7H2,1H3,(H2,17,24)(H,18,25). The lowest BCUT2D eigenvalue weighted by molar-refractivity contribution is -0.140. The summed E-state index contributed by atoms with van der Waals surface area (Å²) in [6.07, 6.45) is 3.65. The van der Waals surface area contributed by atoms with E-state index in [1.54, 1.807) is 34.6 Å². The van der Waals surface area contributed by atoms with Gasteiger partial charge in [-0.3, -0.25) is 19.1 Å². The van der Waals surface area contributed by atoms with Crippen molar-refractivity contribution >= 4 is 17.6 Å². The van der Waals surface area contributed by atoms with Crippen LogP contribution in [0.5, 0.6) is 0 Å². The summed E-state index contributed by atoms with van der Waals surface area (Å²) >= 11 is 0. The van der Waals surface area contributed by atoms with Gasteiger partial charge in [-0.2, -0.15) is 0 Å². The van der Waals surface area contributed by atoms with Gasteiger partial charge in [-0.05, 0) is 31.4 Å². The van der Waals surface area contributed by atoms with Gasteiger partial charge in [0.15, 0.2) is 0 Å². The predicted molar refractivity (Wildman–Crippen MR) is 85.2 cm³/mol. The number of carbonyl (C=O) groups is 3. The molecule has 9 nitrogen and oxygen atoms in total. The predicted octanol–water partition coefficient (Wildman–Crippen LogP) is -0.738. The molecule has 1 aliphatic heterocycles. The second-order valence-electron chi connectivity index (χ2n) is 6.76. The fraction of sp³-hybridized carbons (Fsp3) is 0.438. The molecule has 1 saturated carbocycles. The Balaban J connectivity index is 1.45. The minimum absolute atomic E-state index is 0.297. The Labute approximate surface area is 143 Å². The lowest BCUT2D eigenvalue weighted by atomic mass is 10.00. The Morgan fingerprint density at radius 2 is 2.08 bits per heavy atom. The van der Waals surface area contributed by atoms with E-state index in [2.05, 4.69) is 15.6 Å². The number of aromatic nitrogens is 4. The van der Waals surface area contributed by atoms with Gasteiger partial charge in [-0.15, -0.1) is 5.10 Å². The highest BCUT2D eigenvalue weighted by Gasteiger charge is 2.49. The number of ketones is 1. The fourth-order valence-electron chi connectivity index (χ4n) is 3.43. The first-order valence-corrected chi connectivity index (χ1v) is 8.11. The average molecular weight is 342 g/mol. The molecule has 0 bridgehead atoms. The van der Waals surface area contributed by atoms with Crippen molar-refractivity contribution in [1.29, 1.82) is 0 Å². The molecule has 2 aromatic rings. The monoisotopic (exact) mass is 342 g/mol. The summed E-state index contributed by atoms with van der Waals surface area (Å²) in [6.45, 7) is 0.297. The third-order valence-corrected chi connectivity index (χ3v) is 4.97. The molecule has 1 fully saturated rings. The first-order valence-electron chi connectivity index (χ1n) is 8.11. The highest BCUT2D eigenvalue weighted by molar-refractivity contribution is 6.37. The van der Waals surface area contributed by atoms with Crippen molar-refractivity contribution < 1.29 is 14.4 Å². The van der Waals surface area contributed by atoms with Crippen LogP contribution < -0.4 is 11.1 Å². The maximum atomic E-state index is 12.6. The van der Waals surface area contributed by atoms with Crippen molar-refractivity contribution in [2.75, 3.05) is 0 Å². The maximum Gasteiger partial charge on any atom is 0.288 e. The van der Waals surface area contributed by atoms with Crippen LogP contribution >= 0.6 is 0 Å². The average Bonchev–Trinajstić information content (AvgIpc) is 2.90. The van der Waals surface area contributed by atoms with Gasteiger partial charge < -0.3 is 15.6 Å². The third-order valence-electron chi connectivity index (χ3n) is 4.97. The van der Waals surface area contributed by atoms with Crippen molar-refractivity contribution in [3.8, 4) is 0 Å². The van der Waals surface area contributed by atoms with Gasteiger partial charge in [0.2, 0.25) is 5.78 Å². The molecule has 1 aliphatic carbocycles. The molecule has 3 N–H and O–H groups in total. The summed E-state index contributed by atoms with van der Waals surface area (Å²) in [5, 5.41) is 10.8. The second-order valence-corrected chi connectivity index (χ2v) is 6.76. The number of primary amides is 1. The van der Waals surface area contributed by atoms with Gasteiger partial charge in [-0.25, -0.2) is 0 Å². The van der Waals surface area contributed by atoms with Gasteiger partial charge >= 0.3 is 0 Å². The van der Waals surface area contributed by atoms with Gasteiger partial charge in [0.05, 0.1) is 17.7 Å². The number of amides is 2. The molecule has 3 heterocycles. The van der Waals surface area contributed by atoms with E-state index in [1.165, 1.54) is 0 Å². The van der Waals surface area contributed by atoms with E-state index in [9.17, 15) is 14.4 Å². The largest absolute Gasteiger partial charge is 0.364 e. The molecule has 0 saturated heterocycles. The van der Waals surface area contributed by atoms with E-state index in [0.717, 1.165) is 18.5 Å². The minimum Gasteiger partial charge on any atom is -0.364 e. The van der Waals surface area contributed by atoms with Crippen molar-refractivity contribution in [2.45, 2.75) is 31.3 Å². The van der Waals surface area contributed by atoms with Crippen LogP contribution in [0, 0.1) is 5.92 Å². The number of Topliss-reactive ketones (excluding diaryl/α,β-unsaturated/α-hetero) is 1.